The van der Waals surface area contributed by atoms with E-state index in [0.29, 0.717) is 17.5 Å². The fourth-order valence-corrected chi connectivity index (χ4v) is 3.51. The van der Waals surface area contributed by atoms with Crippen LogP contribution in [0.3, 0.4) is 0 Å². The molecule has 1 saturated heterocycles. The molecule has 21 heavy (non-hydrogen) atoms. The highest BCUT2D eigenvalue weighted by molar-refractivity contribution is 5.78. The fraction of sp³-hybridized carbons (Fsp3) is 0.529. The molecule has 108 valence electrons. The van der Waals surface area contributed by atoms with Crippen molar-refractivity contribution in [1.82, 2.24) is 9.55 Å². The van der Waals surface area contributed by atoms with Gasteiger partial charge in [-0.3, -0.25) is 0 Å². The summed E-state index contributed by atoms with van der Waals surface area (Å²) in [5.41, 5.74) is 2.81. The molecule has 0 N–H and O–H groups in total. The highest BCUT2D eigenvalue weighted by Crippen LogP contribution is 2.43. The van der Waals surface area contributed by atoms with Crippen LogP contribution in [0.1, 0.15) is 56.0 Å². The molecule has 0 spiro atoms. The first-order valence-electron chi connectivity index (χ1n) is 7.85. The van der Waals surface area contributed by atoms with E-state index in [1.54, 1.807) is 0 Å². The van der Waals surface area contributed by atoms with Crippen LogP contribution in [0, 0.1) is 11.3 Å². The molecule has 0 amide bonds. The number of hydrogen-bond acceptors (Lipinski definition) is 3. The Balaban J connectivity index is 1.87. The monoisotopic (exact) mass is 281 g/mol. The van der Waals surface area contributed by atoms with Gasteiger partial charge >= 0.3 is 0 Å². The average molecular weight is 281 g/mol. The predicted molar refractivity (Wildman–Crippen MR) is 80.1 cm³/mol. The SMILES string of the molecule is CCC1OCCC1c1nc2cc(C#N)ccc2n1C1CC1. The maximum atomic E-state index is 9.08. The summed E-state index contributed by atoms with van der Waals surface area (Å²) < 4.78 is 8.27. The maximum absolute atomic E-state index is 9.08. The van der Waals surface area contributed by atoms with Gasteiger partial charge in [-0.15, -0.1) is 0 Å². The lowest BCUT2D eigenvalue weighted by atomic mass is 9.98. The van der Waals surface area contributed by atoms with Gasteiger partial charge in [-0.2, -0.15) is 5.26 Å². The van der Waals surface area contributed by atoms with Crippen molar-refractivity contribution in [2.45, 2.75) is 50.7 Å². The van der Waals surface area contributed by atoms with Crippen molar-refractivity contribution < 1.29 is 4.74 Å². The zero-order chi connectivity index (χ0) is 14.4. The van der Waals surface area contributed by atoms with Crippen molar-refractivity contribution in [3.63, 3.8) is 0 Å². The summed E-state index contributed by atoms with van der Waals surface area (Å²) in [5.74, 6) is 1.57. The molecule has 1 saturated carbocycles. The minimum absolute atomic E-state index is 0.287. The van der Waals surface area contributed by atoms with Crippen molar-refractivity contribution in [1.29, 1.82) is 5.26 Å². The number of nitrogens with zero attached hydrogens (tertiary/aromatic N) is 3. The van der Waals surface area contributed by atoms with Gasteiger partial charge in [0.2, 0.25) is 0 Å². The van der Waals surface area contributed by atoms with Crippen LogP contribution in [-0.4, -0.2) is 22.3 Å². The van der Waals surface area contributed by atoms with Crippen LogP contribution in [0.15, 0.2) is 18.2 Å². The van der Waals surface area contributed by atoms with Gasteiger partial charge in [0.15, 0.2) is 0 Å². The molecule has 1 aromatic carbocycles. The number of aromatic nitrogens is 2. The Kier molecular flexibility index (Phi) is 2.97. The van der Waals surface area contributed by atoms with Crippen LogP contribution in [0.25, 0.3) is 11.0 Å². The lowest BCUT2D eigenvalue weighted by molar-refractivity contribution is 0.0989. The molecule has 2 heterocycles. The standard InChI is InChI=1S/C17H19N3O/c1-2-16-13(7-8-21-16)17-19-14-9-11(10-18)3-6-15(14)20(17)12-4-5-12/h3,6,9,12-13,16H,2,4-5,7-8H2,1H3. The molecule has 1 aliphatic heterocycles. The van der Waals surface area contributed by atoms with Crippen LogP contribution in [0.2, 0.25) is 0 Å². The Hall–Kier alpha value is -1.86. The van der Waals surface area contributed by atoms with Gasteiger partial charge in [-0.1, -0.05) is 6.92 Å². The van der Waals surface area contributed by atoms with Crippen LogP contribution in [-0.2, 0) is 4.74 Å². The summed E-state index contributed by atoms with van der Waals surface area (Å²) in [6.07, 6.45) is 4.85. The minimum atomic E-state index is 0.287. The van der Waals surface area contributed by atoms with Crippen molar-refractivity contribution in [2.24, 2.45) is 0 Å². The Morgan fingerprint density at radius 2 is 2.24 bits per heavy atom. The number of benzene rings is 1. The fourth-order valence-electron chi connectivity index (χ4n) is 3.51. The van der Waals surface area contributed by atoms with Gasteiger partial charge < -0.3 is 9.30 Å². The molecule has 1 aliphatic carbocycles. The lowest BCUT2D eigenvalue weighted by Gasteiger charge is -2.18. The molecule has 2 aliphatic rings. The second-order valence-electron chi connectivity index (χ2n) is 6.10. The average Bonchev–Trinajstić information content (AvgIpc) is 3.12. The molecule has 2 atom stereocenters. The third kappa shape index (κ3) is 2.04. The molecule has 2 unspecified atom stereocenters. The summed E-state index contributed by atoms with van der Waals surface area (Å²) in [6.45, 7) is 3.02. The zero-order valence-corrected chi connectivity index (χ0v) is 12.2. The molecule has 1 aromatic heterocycles. The topological polar surface area (TPSA) is 50.8 Å². The number of hydrogen-bond donors (Lipinski definition) is 0. The molecule has 0 radical (unpaired) electrons. The number of rotatable bonds is 3. The number of fused-ring (bicyclic) bond motifs is 1. The number of nitriles is 1. The molecule has 4 rings (SSSR count). The molecular formula is C17H19N3O. The first-order chi connectivity index (χ1) is 10.3. The van der Waals surface area contributed by atoms with E-state index in [0.717, 1.165) is 25.0 Å². The van der Waals surface area contributed by atoms with Crippen LogP contribution in [0.5, 0.6) is 0 Å². The van der Waals surface area contributed by atoms with Crippen molar-refractivity contribution in [3.8, 4) is 6.07 Å². The molecule has 2 fully saturated rings. The lowest BCUT2D eigenvalue weighted by Crippen LogP contribution is -2.17. The van der Waals surface area contributed by atoms with Gasteiger partial charge in [0.1, 0.15) is 5.82 Å². The van der Waals surface area contributed by atoms with Crippen molar-refractivity contribution in [3.05, 3.63) is 29.6 Å². The first kappa shape index (κ1) is 12.8. The van der Waals surface area contributed by atoms with E-state index in [-0.39, 0.29) is 6.10 Å². The summed E-state index contributed by atoms with van der Waals surface area (Å²) in [7, 11) is 0. The summed E-state index contributed by atoms with van der Waals surface area (Å²) in [5, 5.41) is 9.08. The van der Waals surface area contributed by atoms with Crippen LogP contribution in [0.4, 0.5) is 0 Å². The van der Waals surface area contributed by atoms with Crippen molar-refractivity contribution in [2.75, 3.05) is 6.61 Å². The van der Waals surface area contributed by atoms with E-state index in [1.165, 1.54) is 24.2 Å². The molecular weight excluding hydrogens is 262 g/mol. The van der Waals surface area contributed by atoms with Gasteiger partial charge in [-0.05, 0) is 43.9 Å². The van der Waals surface area contributed by atoms with E-state index in [2.05, 4.69) is 23.6 Å². The highest BCUT2D eigenvalue weighted by atomic mass is 16.5. The number of imidazole rings is 1. The summed E-state index contributed by atoms with van der Waals surface area (Å²) >= 11 is 0. The number of ether oxygens (including phenoxy) is 1. The van der Waals surface area contributed by atoms with Gasteiger partial charge in [0.05, 0.1) is 28.8 Å². The predicted octanol–water partition coefficient (Wildman–Crippen LogP) is 3.53. The Bertz CT molecular complexity index is 723. The maximum Gasteiger partial charge on any atom is 0.115 e. The van der Waals surface area contributed by atoms with E-state index in [9.17, 15) is 0 Å². The molecule has 4 heteroatoms. The minimum Gasteiger partial charge on any atom is -0.377 e. The van der Waals surface area contributed by atoms with Gasteiger partial charge in [-0.25, -0.2) is 4.98 Å². The zero-order valence-electron chi connectivity index (χ0n) is 12.2. The van der Waals surface area contributed by atoms with E-state index in [4.69, 9.17) is 15.0 Å². The van der Waals surface area contributed by atoms with Gasteiger partial charge in [0.25, 0.3) is 0 Å². The van der Waals surface area contributed by atoms with Crippen LogP contribution < -0.4 is 0 Å². The Morgan fingerprint density at radius 3 is 2.95 bits per heavy atom. The Labute approximate surface area is 124 Å². The molecule has 0 bridgehead atoms. The van der Waals surface area contributed by atoms with Crippen molar-refractivity contribution >= 4 is 11.0 Å². The summed E-state index contributed by atoms with van der Waals surface area (Å²) in [6, 6.07) is 8.67. The molecule has 4 nitrogen and oxygen atoms in total. The quantitative estimate of drug-likeness (QED) is 0.864. The normalized spacial score (nSPS) is 25.3. The van der Waals surface area contributed by atoms with E-state index >= 15 is 0 Å². The van der Waals surface area contributed by atoms with Gasteiger partial charge in [0, 0.05) is 18.6 Å². The molecule has 2 aromatic rings. The highest BCUT2D eigenvalue weighted by Gasteiger charge is 2.36. The largest absolute Gasteiger partial charge is 0.377 e. The second kappa shape index (κ2) is 4.85. The second-order valence-corrected chi connectivity index (χ2v) is 6.10. The third-order valence-corrected chi connectivity index (χ3v) is 4.70. The third-order valence-electron chi connectivity index (χ3n) is 4.70. The van der Waals surface area contributed by atoms with Crippen LogP contribution >= 0.6 is 0 Å². The summed E-state index contributed by atoms with van der Waals surface area (Å²) in [4.78, 5) is 4.89. The smallest absolute Gasteiger partial charge is 0.115 e. The first-order valence-corrected chi connectivity index (χ1v) is 7.85. The Morgan fingerprint density at radius 1 is 1.38 bits per heavy atom. The van der Waals surface area contributed by atoms with E-state index < -0.39 is 0 Å². The van der Waals surface area contributed by atoms with E-state index in [1.807, 2.05) is 12.1 Å².